The first-order chi connectivity index (χ1) is 8.75. The lowest BCUT2D eigenvalue weighted by Gasteiger charge is -2.22. The summed E-state index contributed by atoms with van der Waals surface area (Å²) in [5.74, 6) is 1.82. The summed E-state index contributed by atoms with van der Waals surface area (Å²) in [4.78, 5) is 13.6. The lowest BCUT2D eigenvalue weighted by molar-refractivity contribution is -0.120. The first-order valence-corrected chi connectivity index (χ1v) is 8.39. The number of thioether (sulfide) groups is 1. The molecule has 2 heterocycles. The molecule has 0 spiro atoms. The quantitative estimate of drug-likeness (QED) is 0.896. The van der Waals surface area contributed by atoms with Crippen LogP contribution >= 0.6 is 35.5 Å². The highest BCUT2D eigenvalue weighted by molar-refractivity contribution is 8.00. The Morgan fingerprint density at radius 1 is 1.53 bits per heavy atom. The third-order valence-electron chi connectivity index (χ3n) is 3.65. The molecule has 19 heavy (non-hydrogen) atoms. The maximum atomic E-state index is 12.2. The smallest absolute Gasteiger partial charge is 0.237 e. The topological polar surface area (TPSA) is 55.1 Å². The minimum Gasteiger partial charge on any atom is -0.353 e. The molecule has 1 aromatic rings. The zero-order valence-corrected chi connectivity index (χ0v) is 13.1. The normalized spacial score (nSPS) is 23.1. The number of nitrogens with two attached hydrogens (primary N) is 1. The van der Waals surface area contributed by atoms with Gasteiger partial charge in [0.2, 0.25) is 5.91 Å². The maximum Gasteiger partial charge on any atom is 0.237 e. The van der Waals surface area contributed by atoms with Crippen LogP contribution in [0.5, 0.6) is 0 Å². The Morgan fingerprint density at radius 2 is 2.32 bits per heavy atom. The van der Waals surface area contributed by atoms with Crippen molar-refractivity contribution in [3.8, 4) is 0 Å². The number of halogens is 1. The molecule has 0 bridgehead atoms. The van der Waals surface area contributed by atoms with Gasteiger partial charge in [-0.05, 0) is 47.9 Å². The second-order valence-electron chi connectivity index (χ2n) is 5.05. The molecule has 1 amide bonds. The molecular formula is C13H19ClN2OS2. The molecule has 2 aliphatic rings. The highest BCUT2D eigenvalue weighted by Gasteiger charge is 2.31. The van der Waals surface area contributed by atoms with E-state index in [9.17, 15) is 4.79 Å². The summed E-state index contributed by atoms with van der Waals surface area (Å²) in [7, 11) is 0. The van der Waals surface area contributed by atoms with Gasteiger partial charge in [0.1, 0.15) is 5.25 Å². The number of fused-ring (bicyclic) bond motifs is 1. The van der Waals surface area contributed by atoms with Gasteiger partial charge in [0.05, 0.1) is 0 Å². The Balaban J connectivity index is 0.00000133. The van der Waals surface area contributed by atoms with E-state index in [1.807, 2.05) is 0 Å². The maximum absolute atomic E-state index is 12.2. The summed E-state index contributed by atoms with van der Waals surface area (Å²) in [5.41, 5.74) is 7.23. The molecule has 0 saturated heterocycles. The summed E-state index contributed by atoms with van der Waals surface area (Å²) < 4.78 is 0. The Hall–Kier alpha value is -0.230. The van der Waals surface area contributed by atoms with Gasteiger partial charge in [-0.15, -0.1) is 35.5 Å². The fraction of sp³-hybridized carbons (Fsp3) is 0.615. The first-order valence-electron chi connectivity index (χ1n) is 6.47. The largest absolute Gasteiger partial charge is 0.353 e. The van der Waals surface area contributed by atoms with Gasteiger partial charge in [-0.25, -0.2) is 0 Å². The molecule has 3 N–H and O–H groups in total. The van der Waals surface area contributed by atoms with Crippen LogP contribution in [0.15, 0.2) is 11.4 Å². The molecule has 6 heteroatoms. The van der Waals surface area contributed by atoms with Crippen molar-refractivity contribution in [2.24, 2.45) is 11.7 Å². The van der Waals surface area contributed by atoms with E-state index >= 15 is 0 Å². The van der Waals surface area contributed by atoms with E-state index in [-0.39, 0.29) is 29.6 Å². The first kappa shape index (κ1) is 15.2. The molecule has 2 unspecified atom stereocenters. The van der Waals surface area contributed by atoms with E-state index in [1.54, 1.807) is 23.1 Å². The van der Waals surface area contributed by atoms with Crippen molar-refractivity contribution in [1.29, 1.82) is 0 Å². The molecule has 0 aromatic carbocycles. The number of nitrogens with one attached hydrogen (secondary N) is 1. The van der Waals surface area contributed by atoms with E-state index in [0.717, 1.165) is 12.2 Å². The van der Waals surface area contributed by atoms with Crippen molar-refractivity contribution in [2.45, 2.75) is 30.6 Å². The SMILES string of the molecule is Cl.NC(CNC(=O)C1SCCc2sccc21)C1CC1. The van der Waals surface area contributed by atoms with E-state index in [2.05, 4.69) is 16.8 Å². The van der Waals surface area contributed by atoms with Crippen LogP contribution in [0.25, 0.3) is 0 Å². The second kappa shape index (κ2) is 6.48. The predicted octanol–water partition coefficient (Wildman–Crippen LogP) is 2.35. The number of rotatable bonds is 4. The van der Waals surface area contributed by atoms with Gasteiger partial charge in [0.25, 0.3) is 0 Å². The predicted molar refractivity (Wildman–Crippen MR) is 84.2 cm³/mol. The van der Waals surface area contributed by atoms with Crippen molar-refractivity contribution in [2.75, 3.05) is 12.3 Å². The van der Waals surface area contributed by atoms with Crippen LogP contribution in [0, 0.1) is 5.92 Å². The van der Waals surface area contributed by atoms with Crippen LogP contribution in [0.1, 0.15) is 28.5 Å². The number of carbonyl (C=O) groups is 1. The van der Waals surface area contributed by atoms with Gasteiger partial charge in [0.15, 0.2) is 0 Å². The molecule has 106 valence electrons. The zero-order valence-electron chi connectivity index (χ0n) is 10.6. The molecule has 3 nitrogen and oxygen atoms in total. The monoisotopic (exact) mass is 318 g/mol. The van der Waals surface area contributed by atoms with Crippen LogP contribution in [0.4, 0.5) is 0 Å². The Bertz CT molecular complexity index is 448. The number of amides is 1. The minimum absolute atomic E-state index is 0. The molecule has 1 aliphatic carbocycles. The van der Waals surface area contributed by atoms with Crippen molar-refractivity contribution < 1.29 is 4.79 Å². The highest BCUT2D eigenvalue weighted by Crippen LogP contribution is 2.39. The van der Waals surface area contributed by atoms with Gasteiger partial charge in [-0.1, -0.05) is 0 Å². The van der Waals surface area contributed by atoms with Gasteiger partial charge >= 0.3 is 0 Å². The van der Waals surface area contributed by atoms with Crippen LogP contribution in [-0.4, -0.2) is 24.2 Å². The molecule has 1 aliphatic heterocycles. The van der Waals surface area contributed by atoms with Crippen molar-refractivity contribution in [1.82, 2.24) is 5.32 Å². The summed E-state index contributed by atoms with van der Waals surface area (Å²) >= 11 is 3.52. The van der Waals surface area contributed by atoms with Gasteiger partial charge in [0, 0.05) is 17.5 Å². The number of carbonyl (C=O) groups excluding carboxylic acids is 1. The fourth-order valence-electron chi connectivity index (χ4n) is 2.37. The van der Waals surface area contributed by atoms with E-state index in [1.165, 1.54) is 23.3 Å². The van der Waals surface area contributed by atoms with Gasteiger partial charge in [-0.2, -0.15) is 0 Å². The van der Waals surface area contributed by atoms with E-state index in [4.69, 9.17) is 5.73 Å². The molecule has 1 fully saturated rings. The lowest BCUT2D eigenvalue weighted by atomic mass is 10.1. The Kier molecular flexibility index (Phi) is 5.17. The number of hydrogen-bond acceptors (Lipinski definition) is 4. The summed E-state index contributed by atoms with van der Waals surface area (Å²) in [6.07, 6.45) is 3.55. The van der Waals surface area contributed by atoms with Crippen molar-refractivity contribution in [3.05, 3.63) is 21.9 Å². The molecule has 2 atom stereocenters. The van der Waals surface area contributed by atoms with Crippen LogP contribution in [0.2, 0.25) is 0 Å². The molecule has 1 aromatic heterocycles. The summed E-state index contributed by atoms with van der Waals surface area (Å²) in [5, 5.41) is 5.09. The third-order valence-corrected chi connectivity index (χ3v) is 5.89. The van der Waals surface area contributed by atoms with Crippen molar-refractivity contribution >= 4 is 41.4 Å². The van der Waals surface area contributed by atoms with Gasteiger partial charge in [-0.3, -0.25) is 4.79 Å². The molecule has 0 radical (unpaired) electrons. The molecular weight excluding hydrogens is 300 g/mol. The fourth-order valence-corrected chi connectivity index (χ4v) is 4.68. The number of thiophene rings is 1. The summed E-state index contributed by atoms with van der Waals surface area (Å²) in [6, 6.07) is 2.24. The average molecular weight is 319 g/mol. The molecule has 3 rings (SSSR count). The molecule has 1 saturated carbocycles. The Labute approximate surface area is 128 Å². The zero-order chi connectivity index (χ0) is 12.5. The van der Waals surface area contributed by atoms with Crippen molar-refractivity contribution in [3.63, 3.8) is 0 Å². The Morgan fingerprint density at radius 3 is 3.05 bits per heavy atom. The minimum atomic E-state index is -0.0218. The van der Waals surface area contributed by atoms with Crippen LogP contribution in [0.3, 0.4) is 0 Å². The van der Waals surface area contributed by atoms with Crippen LogP contribution < -0.4 is 11.1 Å². The second-order valence-corrected chi connectivity index (χ2v) is 7.26. The average Bonchev–Trinajstić information content (AvgIpc) is 3.12. The van der Waals surface area contributed by atoms with Crippen LogP contribution in [-0.2, 0) is 11.2 Å². The lowest BCUT2D eigenvalue weighted by Crippen LogP contribution is -2.40. The summed E-state index contributed by atoms with van der Waals surface area (Å²) in [6.45, 7) is 0.625. The number of aryl methyl sites for hydroxylation is 1. The van der Waals surface area contributed by atoms with E-state index < -0.39 is 0 Å². The third kappa shape index (κ3) is 3.45. The number of hydrogen-bond donors (Lipinski definition) is 2. The highest BCUT2D eigenvalue weighted by atomic mass is 35.5. The van der Waals surface area contributed by atoms with E-state index in [0.29, 0.717) is 12.5 Å². The standard InChI is InChI=1S/C13H18N2OS2.ClH/c14-10(8-1-2-8)7-15-13(16)12-9-3-5-17-11(9)4-6-18-12;/h3,5,8,10,12H,1-2,4,6-7,14H2,(H,15,16);1H. The van der Waals surface area contributed by atoms with Gasteiger partial charge < -0.3 is 11.1 Å².